The molecule has 6 atom stereocenters. The van der Waals surface area contributed by atoms with Crippen molar-refractivity contribution in [3.63, 3.8) is 0 Å². The summed E-state index contributed by atoms with van der Waals surface area (Å²) in [5.41, 5.74) is 0. The molecule has 0 radical (unpaired) electrons. The lowest BCUT2D eigenvalue weighted by Gasteiger charge is -2.22. The molecular weight excluding hydrogens is 1390 g/mol. The fraction of sp³-hybridized carbons (Fsp3) is 0.940. The Balaban J connectivity index is 5.56. The molecule has 0 aromatic heterocycles. The summed E-state index contributed by atoms with van der Waals surface area (Å²) in [7, 11) is -9.41. The minimum absolute atomic E-state index is 0.0302. The van der Waals surface area contributed by atoms with Crippen LogP contribution in [0.3, 0.4) is 0 Å². The van der Waals surface area contributed by atoms with Gasteiger partial charge in [-0.2, -0.15) is 0 Å². The second-order valence-corrected chi connectivity index (χ2v) is 32.9. The van der Waals surface area contributed by atoms with Crippen molar-refractivity contribution < 1.29 is 79.9 Å². The number of rotatable bonds is 84. The third-order valence-corrected chi connectivity index (χ3v) is 21.5. The zero-order valence-electron chi connectivity index (χ0n) is 68.8. The van der Waals surface area contributed by atoms with Crippen LogP contribution in [-0.4, -0.2) is 130 Å². The molecular formula is C83H164N4O17P2. The quantitative estimate of drug-likeness (QED) is 0.0187. The Morgan fingerprint density at radius 3 is 0.811 bits per heavy atom. The molecule has 0 aliphatic rings. The number of amides is 4. The van der Waals surface area contributed by atoms with Crippen LogP contribution in [0.1, 0.15) is 414 Å². The molecule has 4 amide bonds. The predicted molar refractivity (Wildman–Crippen MR) is 432 cm³/mol. The first-order chi connectivity index (χ1) is 51.5. The summed E-state index contributed by atoms with van der Waals surface area (Å²) in [6.07, 6.45) is 59.9. The van der Waals surface area contributed by atoms with Gasteiger partial charge in [-0.05, 0) is 51.4 Å². The van der Waals surface area contributed by atoms with Crippen molar-refractivity contribution in [2.24, 2.45) is 0 Å². The Morgan fingerprint density at radius 1 is 0.292 bits per heavy atom. The maximum atomic E-state index is 13.3. The molecule has 0 fully saturated rings. The summed E-state index contributed by atoms with van der Waals surface area (Å²) in [5, 5.41) is 10.8. The summed E-state index contributed by atoms with van der Waals surface area (Å²) in [6, 6.07) is -2.32. The molecule has 0 spiro atoms. The predicted octanol–water partition coefficient (Wildman–Crippen LogP) is 22.1. The van der Waals surface area contributed by atoms with Gasteiger partial charge in [0.15, 0.2) is 0 Å². The van der Waals surface area contributed by atoms with Crippen LogP contribution < -0.4 is 21.3 Å². The molecule has 0 saturated heterocycles. The molecule has 0 aromatic rings. The van der Waals surface area contributed by atoms with E-state index in [2.05, 4.69) is 62.8 Å². The van der Waals surface area contributed by atoms with Crippen molar-refractivity contribution in [1.29, 1.82) is 0 Å². The molecule has 6 N–H and O–H groups in total. The van der Waals surface area contributed by atoms with Crippen LogP contribution in [0, 0.1) is 0 Å². The van der Waals surface area contributed by atoms with Gasteiger partial charge in [0.2, 0.25) is 11.8 Å². The zero-order valence-corrected chi connectivity index (χ0v) is 70.6. The van der Waals surface area contributed by atoms with Crippen LogP contribution >= 0.6 is 15.6 Å². The molecule has 0 rings (SSSR count). The third-order valence-electron chi connectivity index (χ3n) is 19.5. The van der Waals surface area contributed by atoms with Gasteiger partial charge < -0.3 is 50.0 Å². The van der Waals surface area contributed by atoms with Crippen molar-refractivity contribution in [3.05, 3.63) is 0 Å². The summed E-state index contributed by atoms with van der Waals surface area (Å²) in [4.78, 5) is 86.8. The number of urea groups is 1. The molecule has 0 aliphatic heterocycles. The standard InChI is InChI=1S/C83H164N4O17P2/c1-7-13-19-25-29-33-35-39-41-47-53-59-79(88)86-75(71-97-67-63-77(57-51-45-23-17-11-5)103-81(90)61-55-49-43-37-31-27-21-15-9-3)73-101-105(93,94)99-69-65-84-83(92)85-66-70-100-106(95,96)102-74-76(87-80(89)60-54-48-42-40-36-34-30-26-20-14-8-2)72-98-68-64-78(58-52-46-24-18-12-6)104-82(91)62-56-50-44-38-32-28-22-16-10-4/h75-78H,7-74H2,1-6H3,(H,86,88)(H,87,89)(H,93,94)(H,95,96)(H2,84,85,92)/t75-,76-,77+,78+/m1/s1. The summed E-state index contributed by atoms with van der Waals surface area (Å²) in [6.45, 7) is 11.6. The smallest absolute Gasteiger partial charge is 0.462 e. The molecule has 0 aromatic carbocycles. The molecule has 0 heterocycles. The average molecular weight is 1550 g/mol. The maximum absolute atomic E-state index is 13.3. The Kier molecular flexibility index (Phi) is 75.6. The maximum Gasteiger partial charge on any atom is 0.472 e. The van der Waals surface area contributed by atoms with Crippen molar-refractivity contribution >= 4 is 45.4 Å². The van der Waals surface area contributed by atoms with E-state index in [1.54, 1.807) is 0 Å². The molecule has 0 bridgehead atoms. The SMILES string of the molecule is CCCCCCCCCCCCCC(=O)N[C@H](COCC[C@H](CCCCCCC)OC(=O)CCCCCCCCCCC)COP(=O)(O)OCCNC(=O)NCCOP(=O)(O)OC[C@@H](COCC[C@H](CCCCCCC)OC(=O)CCCCCCCCCCC)NC(=O)CCCCCCCCCCCCC. The first-order valence-corrected chi connectivity index (χ1v) is 46.9. The van der Waals surface area contributed by atoms with Crippen molar-refractivity contribution in [1.82, 2.24) is 21.3 Å². The van der Waals surface area contributed by atoms with Crippen LogP contribution in [0.4, 0.5) is 4.79 Å². The zero-order chi connectivity index (χ0) is 77.8. The summed E-state index contributed by atoms with van der Waals surface area (Å²) in [5.74, 6) is -0.846. The number of nitrogens with one attached hydrogen (secondary N) is 4. The number of phosphoric acid groups is 2. The van der Waals surface area contributed by atoms with Crippen LogP contribution in [0.25, 0.3) is 0 Å². The Bertz CT molecular complexity index is 1960. The van der Waals surface area contributed by atoms with E-state index in [1.165, 1.54) is 167 Å². The fourth-order valence-electron chi connectivity index (χ4n) is 12.9. The summed E-state index contributed by atoms with van der Waals surface area (Å²) < 4.78 is 71.7. The second-order valence-electron chi connectivity index (χ2n) is 30.0. The minimum Gasteiger partial charge on any atom is -0.462 e. The van der Waals surface area contributed by atoms with E-state index >= 15 is 0 Å². The van der Waals surface area contributed by atoms with E-state index in [-0.39, 0.29) is 88.3 Å². The number of hydrogen-bond donors (Lipinski definition) is 6. The number of hydrogen-bond acceptors (Lipinski definition) is 15. The van der Waals surface area contributed by atoms with Crippen LogP contribution in [0.2, 0.25) is 0 Å². The highest BCUT2D eigenvalue weighted by Gasteiger charge is 2.27. The Hall–Kier alpha value is -2.71. The van der Waals surface area contributed by atoms with Gasteiger partial charge in [-0.25, -0.2) is 13.9 Å². The van der Waals surface area contributed by atoms with E-state index in [0.717, 1.165) is 154 Å². The average Bonchev–Trinajstić information content (AvgIpc) is 0.919. The van der Waals surface area contributed by atoms with Crippen molar-refractivity contribution in [3.8, 4) is 0 Å². The molecule has 23 heteroatoms. The molecule has 628 valence electrons. The number of unbranched alkanes of at least 4 members (excludes halogenated alkanes) is 44. The van der Waals surface area contributed by atoms with Crippen LogP contribution in [-0.2, 0) is 65.4 Å². The van der Waals surface area contributed by atoms with Gasteiger partial charge in [-0.15, -0.1) is 0 Å². The van der Waals surface area contributed by atoms with E-state index in [1.807, 2.05) is 0 Å². The lowest BCUT2D eigenvalue weighted by molar-refractivity contribution is -0.151. The first kappa shape index (κ1) is 103. The lowest BCUT2D eigenvalue weighted by atomic mass is 10.1. The molecule has 106 heavy (non-hydrogen) atoms. The highest BCUT2D eigenvalue weighted by Crippen LogP contribution is 2.44. The first-order valence-electron chi connectivity index (χ1n) is 43.9. The van der Waals surface area contributed by atoms with Gasteiger partial charge in [0.1, 0.15) is 12.2 Å². The normalized spacial score (nSPS) is 13.9. The number of carbonyl (C=O) groups excluding carboxylic acids is 5. The largest absolute Gasteiger partial charge is 0.472 e. The Morgan fingerprint density at radius 2 is 0.538 bits per heavy atom. The van der Waals surface area contributed by atoms with E-state index in [4.69, 9.17) is 37.0 Å². The summed E-state index contributed by atoms with van der Waals surface area (Å²) >= 11 is 0. The van der Waals surface area contributed by atoms with E-state index in [0.29, 0.717) is 38.5 Å². The highest BCUT2D eigenvalue weighted by molar-refractivity contribution is 7.47. The fourth-order valence-corrected chi connectivity index (χ4v) is 14.5. The van der Waals surface area contributed by atoms with Crippen molar-refractivity contribution in [2.45, 2.75) is 438 Å². The number of ether oxygens (including phenoxy) is 4. The van der Waals surface area contributed by atoms with E-state index in [9.17, 15) is 42.9 Å². The highest BCUT2D eigenvalue weighted by atomic mass is 31.2. The van der Waals surface area contributed by atoms with Gasteiger partial charge in [-0.1, -0.05) is 324 Å². The van der Waals surface area contributed by atoms with Crippen molar-refractivity contribution in [2.75, 3.05) is 65.9 Å². The van der Waals surface area contributed by atoms with Gasteiger partial charge in [-0.3, -0.25) is 37.3 Å². The number of esters is 2. The lowest BCUT2D eigenvalue weighted by Crippen LogP contribution is -2.41. The van der Waals surface area contributed by atoms with Gasteiger partial charge in [0.25, 0.3) is 0 Å². The molecule has 2 unspecified atom stereocenters. The Labute approximate surface area is 647 Å². The van der Waals surface area contributed by atoms with Crippen LogP contribution in [0.15, 0.2) is 0 Å². The molecule has 0 saturated carbocycles. The van der Waals surface area contributed by atoms with Gasteiger partial charge in [0, 0.05) is 51.6 Å². The van der Waals surface area contributed by atoms with Gasteiger partial charge >= 0.3 is 33.6 Å². The topological polar surface area (TPSA) is 282 Å². The second kappa shape index (κ2) is 77.6. The minimum atomic E-state index is -4.70. The van der Waals surface area contributed by atoms with E-state index < -0.39 is 60.2 Å². The molecule has 21 nitrogen and oxygen atoms in total. The van der Waals surface area contributed by atoms with Gasteiger partial charge in [0.05, 0.1) is 64.9 Å². The number of carbonyl (C=O) groups is 5. The number of phosphoric ester groups is 2. The monoisotopic (exact) mass is 1550 g/mol. The third kappa shape index (κ3) is 74.1. The van der Waals surface area contributed by atoms with Crippen LogP contribution in [0.5, 0.6) is 0 Å². The molecule has 0 aliphatic carbocycles.